The van der Waals surface area contributed by atoms with Crippen molar-refractivity contribution in [1.82, 2.24) is 4.90 Å². The van der Waals surface area contributed by atoms with Crippen LogP contribution in [0.3, 0.4) is 0 Å². The first-order chi connectivity index (χ1) is 10.7. The van der Waals surface area contributed by atoms with Gasteiger partial charge in [-0.15, -0.1) is 13.1 Å². The van der Waals surface area contributed by atoms with Gasteiger partial charge >= 0.3 is 0 Å². The van der Waals surface area contributed by atoms with E-state index in [-0.39, 0.29) is 33.1 Å². The van der Waals surface area contributed by atoms with Crippen LogP contribution in [-0.2, 0) is 20.4 Å². The minimum absolute atomic E-state index is 0. The van der Waals surface area contributed by atoms with E-state index in [0.29, 0.717) is 23.0 Å². The summed E-state index contributed by atoms with van der Waals surface area (Å²) in [5.74, 6) is 2.04. The van der Waals surface area contributed by atoms with Gasteiger partial charge < -0.3 is 19.7 Å². The van der Waals surface area contributed by atoms with E-state index in [4.69, 9.17) is 9.47 Å². The average molecular weight is 486 g/mol. The zero-order valence-corrected chi connectivity index (χ0v) is 15.6. The van der Waals surface area contributed by atoms with E-state index in [9.17, 15) is 4.79 Å². The molecule has 4 rings (SSSR count). The van der Waals surface area contributed by atoms with Gasteiger partial charge in [-0.1, -0.05) is 19.4 Å². The van der Waals surface area contributed by atoms with Crippen molar-refractivity contribution < 1.29 is 34.7 Å². The Labute approximate surface area is 149 Å². The molecule has 0 spiro atoms. The fourth-order valence-electron chi connectivity index (χ4n) is 3.41. The molecule has 1 fully saturated rings. The summed E-state index contributed by atoms with van der Waals surface area (Å²) in [5.41, 5.74) is 2.32. The van der Waals surface area contributed by atoms with Crippen molar-refractivity contribution in [3.63, 3.8) is 0 Å². The van der Waals surface area contributed by atoms with Crippen LogP contribution >= 0.6 is 0 Å². The second-order valence-corrected chi connectivity index (χ2v) is 6.06. The summed E-state index contributed by atoms with van der Waals surface area (Å²) >= 11 is 0. The number of carbonyl (C=O) groups is 1. The summed E-state index contributed by atoms with van der Waals surface area (Å²) in [5, 5.41) is 4.38. The molecule has 0 aromatic heterocycles. The molecule has 3 heterocycles. The number of ether oxygens (including phenoxy) is 2. The number of hydrogen-bond donors (Lipinski definition) is 0. The molecule has 0 saturated carbocycles. The number of fused-ring (bicyclic) bond motifs is 2. The molecule has 3 aliphatic heterocycles. The maximum Gasteiger partial charge on any atom is 0.259 e. The van der Waals surface area contributed by atoms with E-state index < -0.39 is 0 Å². The Hall–Kier alpha value is -1.35. The number of benzene rings is 1. The third kappa shape index (κ3) is 2.91. The van der Waals surface area contributed by atoms with Gasteiger partial charge in [0, 0.05) is 38.2 Å². The van der Waals surface area contributed by atoms with E-state index in [1.807, 2.05) is 6.07 Å². The fourth-order valence-corrected chi connectivity index (χ4v) is 3.41. The summed E-state index contributed by atoms with van der Waals surface area (Å²) < 4.78 is 10.8. The van der Waals surface area contributed by atoms with Crippen LogP contribution in [0.1, 0.15) is 35.2 Å². The van der Waals surface area contributed by atoms with Gasteiger partial charge in [-0.3, -0.25) is 4.79 Å². The molecule has 3 aliphatic rings. The van der Waals surface area contributed by atoms with Crippen LogP contribution in [0.2, 0.25) is 0 Å². The first-order valence-corrected chi connectivity index (χ1v) is 7.82. The zero-order valence-electron chi connectivity index (χ0n) is 12.9. The van der Waals surface area contributed by atoms with Crippen LogP contribution in [0.25, 0.3) is 11.0 Å². The van der Waals surface area contributed by atoms with Gasteiger partial charge in [0.1, 0.15) is 0 Å². The van der Waals surface area contributed by atoms with Crippen molar-refractivity contribution in [2.75, 3.05) is 26.4 Å². The maximum atomic E-state index is 12.6. The normalized spacial score (nSPS) is 19.7. The number of hydrogen-bond acceptors (Lipinski definition) is 3. The van der Waals surface area contributed by atoms with Gasteiger partial charge in [0.05, 0.1) is 5.56 Å². The molecule has 1 radical (unpaired) electrons. The van der Waals surface area contributed by atoms with Gasteiger partial charge in [0.25, 0.3) is 5.91 Å². The Bertz CT molecular complexity index is 598. The minimum Gasteiger partial charge on any atom is -0.662 e. The van der Waals surface area contributed by atoms with Gasteiger partial charge in [-0.25, -0.2) is 0 Å². The summed E-state index contributed by atoms with van der Waals surface area (Å²) in [6.07, 6.45) is 3.29. The molecular formula is C17H19N2O3Re-. The number of piperidine rings is 1. The Morgan fingerprint density at radius 1 is 1.17 bits per heavy atom. The minimum atomic E-state index is 0. The van der Waals surface area contributed by atoms with Crippen molar-refractivity contribution in [3.8, 4) is 11.5 Å². The monoisotopic (exact) mass is 486 g/mol. The summed E-state index contributed by atoms with van der Waals surface area (Å²) in [7, 11) is 0. The van der Waals surface area contributed by atoms with Gasteiger partial charge in [0.15, 0.2) is 11.5 Å². The molecule has 5 nitrogen and oxygen atoms in total. The van der Waals surface area contributed by atoms with Gasteiger partial charge in [-0.05, 0) is 24.5 Å². The van der Waals surface area contributed by atoms with E-state index >= 15 is 0 Å². The Balaban J connectivity index is 0.00000156. The number of carbonyl (C=O) groups excluding carboxylic acids is 1. The Morgan fingerprint density at radius 2 is 1.83 bits per heavy atom. The van der Waals surface area contributed by atoms with Crippen molar-refractivity contribution in [2.24, 2.45) is 5.92 Å². The van der Waals surface area contributed by atoms with E-state index in [0.717, 1.165) is 50.2 Å². The second kappa shape index (κ2) is 6.64. The number of amides is 1. The van der Waals surface area contributed by atoms with Gasteiger partial charge in [0.2, 0.25) is 6.79 Å². The van der Waals surface area contributed by atoms with Gasteiger partial charge in [-0.2, -0.15) is 0 Å². The smallest absolute Gasteiger partial charge is 0.259 e. The molecule has 1 aromatic carbocycles. The van der Waals surface area contributed by atoms with Crippen LogP contribution in [0.5, 0.6) is 11.5 Å². The summed E-state index contributed by atoms with van der Waals surface area (Å²) in [6.45, 7) is 6.97. The molecule has 1 aromatic rings. The van der Waals surface area contributed by atoms with Crippen LogP contribution < -0.4 is 9.47 Å². The first kappa shape index (κ1) is 16.5. The van der Waals surface area contributed by atoms with E-state index in [2.05, 4.69) is 11.9 Å². The van der Waals surface area contributed by atoms with Crippen molar-refractivity contribution in [2.45, 2.75) is 19.3 Å². The molecule has 0 unspecified atom stereocenters. The predicted molar refractivity (Wildman–Crippen MR) is 83.1 cm³/mol. The molecule has 1 amide bonds. The quantitative estimate of drug-likeness (QED) is 0.662. The molecule has 6 heteroatoms. The van der Waals surface area contributed by atoms with Crippen molar-refractivity contribution >= 4 is 11.6 Å². The molecule has 0 atom stereocenters. The third-order valence-corrected chi connectivity index (χ3v) is 4.78. The van der Waals surface area contributed by atoms with Crippen LogP contribution in [0, 0.1) is 5.92 Å². The molecule has 123 valence electrons. The number of nitrogens with zero attached hydrogens (tertiary/aromatic N) is 2. The second-order valence-electron chi connectivity index (χ2n) is 6.06. The largest absolute Gasteiger partial charge is 0.662 e. The third-order valence-electron chi connectivity index (χ3n) is 4.78. The first-order valence-electron chi connectivity index (χ1n) is 7.82. The average Bonchev–Trinajstić information content (AvgIpc) is 3.09. The van der Waals surface area contributed by atoms with Crippen molar-refractivity contribution in [1.29, 1.82) is 0 Å². The summed E-state index contributed by atoms with van der Waals surface area (Å²) in [6, 6.07) is 3.65. The van der Waals surface area contributed by atoms with E-state index in [1.165, 1.54) is 0 Å². The Morgan fingerprint density at radius 3 is 2.52 bits per heavy atom. The Kier molecular flexibility index (Phi) is 4.77. The standard InChI is InChI=1S/C17H19N2O3.Re/c1-11-13-8-15-16(22-10-21-15)9-14(13)17(20)19(11)7-4-12-2-5-18-6-3-12;/h8-9,12H,1-7,10H2;/q-1;. The van der Waals surface area contributed by atoms with Crippen LogP contribution in [0.15, 0.2) is 18.7 Å². The molecular weight excluding hydrogens is 466 g/mol. The van der Waals surface area contributed by atoms with Crippen LogP contribution in [-0.4, -0.2) is 37.2 Å². The fraction of sp³-hybridized carbons (Fsp3) is 0.471. The number of rotatable bonds is 3. The maximum absolute atomic E-state index is 12.6. The molecule has 0 N–H and O–H groups in total. The molecule has 23 heavy (non-hydrogen) atoms. The predicted octanol–water partition coefficient (Wildman–Crippen LogP) is 3.01. The molecule has 1 saturated heterocycles. The topological polar surface area (TPSA) is 52.9 Å². The molecule has 0 bridgehead atoms. The van der Waals surface area contributed by atoms with Crippen LogP contribution in [0.4, 0.5) is 0 Å². The SMILES string of the molecule is C=C1c2cc3c(cc2C(=O)N1CCC1CC[N-]CC1)OCO3.[Re]. The zero-order chi connectivity index (χ0) is 15.1. The van der Waals surface area contributed by atoms with Crippen molar-refractivity contribution in [3.05, 3.63) is 35.2 Å². The molecule has 0 aliphatic carbocycles. The summed E-state index contributed by atoms with van der Waals surface area (Å²) in [4.78, 5) is 14.4. The van der Waals surface area contributed by atoms with E-state index in [1.54, 1.807) is 11.0 Å².